The normalized spacial score (nSPS) is 26.4. The number of hydrogen-bond donors (Lipinski definition) is 1. The number of fused-ring (bicyclic) bond motifs is 2. The Morgan fingerprint density at radius 3 is 2.61 bits per heavy atom. The van der Waals surface area contributed by atoms with Crippen LogP contribution in [0.25, 0.3) is 0 Å². The second kappa shape index (κ2) is 4.48. The Morgan fingerprint density at radius 1 is 1.33 bits per heavy atom. The zero-order chi connectivity index (χ0) is 12.7. The maximum Gasteiger partial charge on any atom is 0.135 e. The molecule has 0 aliphatic carbocycles. The Morgan fingerprint density at radius 2 is 2.00 bits per heavy atom. The van der Waals surface area contributed by atoms with Crippen molar-refractivity contribution >= 4 is 22.9 Å². The molecule has 2 aliphatic rings. The number of morpholine rings is 1. The van der Waals surface area contributed by atoms with E-state index in [-0.39, 0.29) is 23.0 Å². The molecule has 3 rings (SSSR count). The van der Waals surface area contributed by atoms with Crippen molar-refractivity contribution in [2.75, 3.05) is 18.0 Å². The summed E-state index contributed by atoms with van der Waals surface area (Å²) in [6.45, 7) is 1.57. The molecule has 2 aliphatic heterocycles. The van der Waals surface area contributed by atoms with Crippen LogP contribution in [0.5, 0.6) is 0 Å². The van der Waals surface area contributed by atoms with Gasteiger partial charge in [-0.05, 0) is 25.0 Å². The van der Waals surface area contributed by atoms with Gasteiger partial charge in [-0.15, -0.1) is 0 Å². The largest absolute Gasteiger partial charge is 0.389 e. The van der Waals surface area contributed by atoms with Crippen LogP contribution in [-0.4, -0.2) is 30.3 Å². The van der Waals surface area contributed by atoms with Crippen molar-refractivity contribution in [2.24, 2.45) is 5.73 Å². The highest BCUT2D eigenvalue weighted by Gasteiger charge is 2.34. The van der Waals surface area contributed by atoms with Crippen molar-refractivity contribution < 1.29 is 9.13 Å². The Hall–Kier alpha value is -1.20. The molecule has 2 bridgehead atoms. The molecule has 2 atom stereocenters. The van der Waals surface area contributed by atoms with Gasteiger partial charge in [0.05, 0.1) is 23.5 Å². The summed E-state index contributed by atoms with van der Waals surface area (Å²) in [6, 6.07) is 4.97. The Kier molecular flexibility index (Phi) is 2.95. The van der Waals surface area contributed by atoms with Crippen molar-refractivity contribution in [3.63, 3.8) is 0 Å². The summed E-state index contributed by atoms with van der Waals surface area (Å²) in [5, 5.41) is 0. The van der Waals surface area contributed by atoms with Gasteiger partial charge in [0, 0.05) is 13.1 Å². The van der Waals surface area contributed by atoms with Gasteiger partial charge in [-0.3, -0.25) is 0 Å². The van der Waals surface area contributed by atoms with Gasteiger partial charge in [0.1, 0.15) is 10.8 Å². The predicted molar refractivity (Wildman–Crippen MR) is 72.4 cm³/mol. The van der Waals surface area contributed by atoms with Crippen LogP contribution in [0, 0.1) is 5.82 Å². The molecule has 0 amide bonds. The maximum absolute atomic E-state index is 13.8. The van der Waals surface area contributed by atoms with Crippen molar-refractivity contribution in [3.05, 3.63) is 29.6 Å². The smallest absolute Gasteiger partial charge is 0.135 e. The lowest BCUT2D eigenvalue weighted by molar-refractivity contribution is 0.0304. The minimum Gasteiger partial charge on any atom is -0.389 e. The highest BCUT2D eigenvalue weighted by atomic mass is 32.1. The van der Waals surface area contributed by atoms with Crippen LogP contribution in [0.3, 0.4) is 0 Å². The monoisotopic (exact) mass is 266 g/mol. The second-order valence-electron chi connectivity index (χ2n) is 4.86. The number of rotatable bonds is 2. The van der Waals surface area contributed by atoms with Gasteiger partial charge in [0.15, 0.2) is 0 Å². The third kappa shape index (κ3) is 1.97. The zero-order valence-corrected chi connectivity index (χ0v) is 10.8. The summed E-state index contributed by atoms with van der Waals surface area (Å²) in [5.41, 5.74) is 6.79. The number of thiocarbonyl (C=S) groups is 1. The van der Waals surface area contributed by atoms with E-state index in [4.69, 9.17) is 22.7 Å². The van der Waals surface area contributed by atoms with Gasteiger partial charge in [-0.2, -0.15) is 0 Å². The Labute approximate surface area is 111 Å². The third-order valence-corrected chi connectivity index (χ3v) is 3.83. The second-order valence-corrected chi connectivity index (χ2v) is 5.30. The zero-order valence-electron chi connectivity index (χ0n) is 9.93. The molecule has 0 aromatic heterocycles. The van der Waals surface area contributed by atoms with Gasteiger partial charge in [-0.25, -0.2) is 4.39 Å². The standard InChI is InChI=1S/C13H15FN2OS/c14-10-2-1-3-11(12(10)13(15)18)16-6-8-4-5-9(7-16)17-8/h1-3,8-9H,4-7H2,(H2,15,18). The summed E-state index contributed by atoms with van der Waals surface area (Å²) in [4.78, 5) is 2.26. The molecule has 0 radical (unpaired) electrons. The number of benzene rings is 1. The number of hydrogen-bond acceptors (Lipinski definition) is 3. The summed E-state index contributed by atoms with van der Waals surface area (Å²) >= 11 is 4.96. The number of nitrogens with zero attached hydrogens (tertiary/aromatic N) is 1. The molecule has 5 heteroatoms. The van der Waals surface area contributed by atoms with E-state index in [1.807, 2.05) is 6.07 Å². The van der Waals surface area contributed by atoms with E-state index in [2.05, 4.69) is 4.90 Å². The molecule has 2 heterocycles. The van der Waals surface area contributed by atoms with Gasteiger partial charge in [-0.1, -0.05) is 18.3 Å². The molecule has 0 spiro atoms. The van der Waals surface area contributed by atoms with Crippen LogP contribution in [0.2, 0.25) is 0 Å². The molecule has 0 saturated carbocycles. The first kappa shape index (κ1) is 11.9. The topological polar surface area (TPSA) is 38.5 Å². The Bertz CT molecular complexity index is 482. The highest BCUT2D eigenvalue weighted by molar-refractivity contribution is 7.80. The third-order valence-electron chi connectivity index (χ3n) is 3.62. The fourth-order valence-corrected chi connectivity index (χ4v) is 3.03. The van der Waals surface area contributed by atoms with E-state index < -0.39 is 0 Å². The van der Waals surface area contributed by atoms with Crippen molar-refractivity contribution in [1.82, 2.24) is 0 Å². The van der Waals surface area contributed by atoms with E-state index in [0.717, 1.165) is 31.6 Å². The summed E-state index contributed by atoms with van der Waals surface area (Å²) < 4.78 is 19.6. The summed E-state index contributed by atoms with van der Waals surface area (Å²) in [6.07, 6.45) is 2.68. The minimum absolute atomic E-state index is 0.113. The van der Waals surface area contributed by atoms with E-state index in [1.54, 1.807) is 6.07 Å². The quantitative estimate of drug-likeness (QED) is 0.829. The Balaban J connectivity index is 1.97. The first-order valence-corrected chi connectivity index (χ1v) is 6.54. The van der Waals surface area contributed by atoms with E-state index in [1.165, 1.54) is 6.07 Å². The van der Waals surface area contributed by atoms with Crippen molar-refractivity contribution in [3.8, 4) is 0 Å². The molecular weight excluding hydrogens is 251 g/mol. The van der Waals surface area contributed by atoms with E-state index in [9.17, 15) is 4.39 Å². The number of nitrogens with two attached hydrogens (primary N) is 1. The van der Waals surface area contributed by atoms with Crippen molar-refractivity contribution in [2.45, 2.75) is 25.0 Å². The van der Waals surface area contributed by atoms with Crippen LogP contribution >= 0.6 is 12.2 Å². The average Bonchev–Trinajstić information content (AvgIpc) is 2.67. The molecule has 2 fully saturated rings. The molecule has 1 aromatic carbocycles. The molecule has 3 nitrogen and oxygen atoms in total. The SMILES string of the molecule is NC(=S)c1c(F)cccc1N1CC2CCC(C1)O2. The van der Waals surface area contributed by atoms with Gasteiger partial charge in [0.2, 0.25) is 0 Å². The fourth-order valence-electron chi connectivity index (χ4n) is 2.83. The predicted octanol–water partition coefficient (Wildman–Crippen LogP) is 1.83. The van der Waals surface area contributed by atoms with Crippen LogP contribution in [0.1, 0.15) is 18.4 Å². The maximum atomic E-state index is 13.8. The molecule has 96 valence electrons. The molecule has 2 saturated heterocycles. The van der Waals surface area contributed by atoms with E-state index >= 15 is 0 Å². The molecule has 2 unspecified atom stereocenters. The van der Waals surface area contributed by atoms with E-state index in [0.29, 0.717) is 5.56 Å². The lowest BCUT2D eigenvalue weighted by Crippen LogP contribution is -2.43. The first-order valence-electron chi connectivity index (χ1n) is 6.14. The lowest BCUT2D eigenvalue weighted by atomic mass is 10.1. The van der Waals surface area contributed by atoms with Crippen LogP contribution in [0.15, 0.2) is 18.2 Å². The fraction of sp³-hybridized carbons (Fsp3) is 0.462. The molecule has 2 N–H and O–H groups in total. The van der Waals surface area contributed by atoms with Crippen LogP contribution < -0.4 is 10.6 Å². The average molecular weight is 266 g/mol. The minimum atomic E-state index is -0.348. The highest BCUT2D eigenvalue weighted by Crippen LogP contribution is 2.32. The van der Waals surface area contributed by atoms with Gasteiger partial charge in [0.25, 0.3) is 0 Å². The van der Waals surface area contributed by atoms with Crippen LogP contribution in [0.4, 0.5) is 10.1 Å². The van der Waals surface area contributed by atoms with Crippen LogP contribution in [-0.2, 0) is 4.74 Å². The van der Waals surface area contributed by atoms with Crippen molar-refractivity contribution in [1.29, 1.82) is 0 Å². The number of ether oxygens (including phenoxy) is 1. The summed E-state index contributed by atoms with van der Waals surface area (Å²) in [5.74, 6) is -0.348. The number of anilines is 1. The summed E-state index contributed by atoms with van der Waals surface area (Å²) in [7, 11) is 0. The number of halogens is 1. The lowest BCUT2D eigenvalue weighted by Gasteiger charge is -2.35. The van der Waals surface area contributed by atoms with Gasteiger partial charge >= 0.3 is 0 Å². The molecule has 18 heavy (non-hydrogen) atoms. The van der Waals surface area contributed by atoms with Gasteiger partial charge < -0.3 is 15.4 Å². The molecule has 1 aromatic rings. The first-order chi connectivity index (χ1) is 8.65. The molecular formula is C13H15FN2OS.